The fraction of sp³-hybridized carbons (Fsp3) is 0.375. The zero-order valence-electron chi connectivity index (χ0n) is 18.7. The number of ether oxygens (including phenoxy) is 1. The number of hydrogen-bond donors (Lipinski definition) is 2. The molecule has 0 radical (unpaired) electrons. The third-order valence-corrected chi connectivity index (χ3v) is 6.22. The van der Waals surface area contributed by atoms with Gasteiger partial charge in [-0.05, 0) is 17.2 Å². The Hall–Kier alpha value is -2.50. The first kappa shape index (κ1) is 23.7. The van der Waals surface area contributed by atoms with Crippen molar-refractivity contribution in [2.75, 3.05) is 33.3 Å². The second kappa shape index (κ2) is 11.1. The molecule has 3 heterocycles. The number of aliphatic imine (C=N–C) groups is 1. The van der Waals surface area contributed by atoms with Gasteiger partial charge >= 0.3 is 0 Å². The molecule has 5 rings (SSSR count). The van der Waals surface area contributed by atoms with Crippen molar-refractivity contribution in [1.29, 1.82) is 0 Å². The van der Waals surface area contributed by atoms with Gasteiger partial charge in [0.05, 0.1) is 18.8 Å². The van der Waals surface area contributed by atoms with Gasteiger partial charge in [-0.25, -0.2) is 4.98 Å². The minimum Gasteiger partial charge on any atom is -0.373 e. The van der Waals surface area contributed by atoms with Gasteiger partial charge in [-0.15, -0.1) is 24.0 Å². The fourth-order valence-electron chi connectivity index (χ4n) is 4.63. The normalized spacial score (nSPS) is 20.9. The summed E-state index contributed by atoms with van der Waals surface area (Å²) in [5.74, 6) is 1.68. The zero-order valence-corrected chi connectivity index (χ0v) is 21.1. The summed E-state index contributed by atoms with van der Waals surface area (Å²) in [6, 6.07) is 19.4. The van der Waals surface area contributed by atoms with E-state index in [0.29, 0.717) is 12.6 Å². The molecule has 2 atom stereocenters. The number of nitrogens with one attached hydrogen (secondary N) is 2. The Morgan fingerprint density at radius 2 is 2.00 bits per heavy atom. The quantitative estimate of drug-likeness (QED) is 0.285. The number of H-pyrrole nitrogens is 1. The molecular formula is C24H30IN7O. The monoisotopic (exact) mass is 559 g/mol. The van der Waals surface area contributed by atoms with Gasteiger partial charge in [0.2, 0.25) is 0 Å². The van der Waals surface area contributed by atoms with Gasteiger partial charge < -0.3 is 15.0 Å². The first-order valence-corrected chi connectivity index (χ1v) is 11.1. The molecule has 9 heteroatoms. The highest BCUT2D eigenvalue weighted by molar-refractivity contribution is 14.0. The summed E-state index contributed by atoms with van der Waals surface area (Å²) < 4.78 is 6.13. The molecule has 0 amide bonds. The number of aromatic nitrogens is 3. The molecule has 33 heavy (non-hydrogen) atoms. The molecule has 2 N–H and O–H groups in total. The molecule has 0 saturated carbocycles. The lowest BCUT2D eigenvalue weighted by molar-refractivity contribution is -0.0502. The van der Waals surface area contributed by atoms with E-state index >= 15 is 0 Å². The second-order valence-corrected chi connectivity index (χ2v) is 8.27. The van der Waals surface area contributed by atoms with E-state index in [1.807, 2.05) is 19.2 Å². The van der Waals surface area contributed by atoms with Crippen molar-refractivity contribution in [2.24, 2.45) is 4.99 Å². The van der Waals surface area contributed by atoms with Crippen LogP contribution in [0.3, 0.4) is 0 Å². The molecule has 2 aromatic carbocycles. The van der Waals surface area contributed by atoms with Crippen LogP contribution in [0.1, 0.15) is 11.1 Å². The summed E-state index contributed by atoms with van der Waals surface area (Å²) in [7, 11) is 1.85. The van der Waals surface area contributed by atoms with E-state index in [0.717, 1.165) is 50.1 Å². The van der Waals surface area contributed by atoms with Crippen LogP contribution in [0.5, 0.6) is 0 Å². The highest BCUT2D eigenvalue weighted by atomic mass is 127. The number of nitrogens with zero attached hydrogens (tertiary/aromatic N) is 5. The predicted octanol–water partition coefficient (Wildman–Crippen LogP) is 2.75. The number of morpholine rings is 1. The Morgan fingerprint density at radius 3 is 2.79 bits per heavy atom. The van der Waals surface area contributed by atoms with E-state index in [-0.39, 0.29) is 30.1 Å². The van der Waals surface area contributed by atoms with E-state index in [1.165, 1.54) is 17.5 Å². The molecule has 8 nitrogen and oxygen atoms in total. The van der Waals surface area contributed by atoms with E-state index in [4.69, 9.17) is 4.74 Å². The molecule has 1 aromatic heterocycles. The van der Waals surface area contributed by atoms with Gasteiger partial charge in [0.15, 0.2) is 11.8 Å². The maximum atomic E-state index is 6.13. The Labute approximate surface area is 211 Å². The van der Waals surface area contributed by atoms with E-state index in [2.05, 4.69) is 77.8 Å². The molecule has 174 valence electrons. The molecular weight excluding hydrogens is 529 g/mol. The number of hydrogen-bond acceptors (Lipinski definition) is 5. The van der Waals surface area contributed by atoms with E-state index < -0.39 is 0 Å². The van der Waals surface area contributed by atoms with Crippen LogP contribution in [-0.2, 0) is 17.8 Å². The molecule has 2 saturated heterocycles. The predicted molar refractivity (Wildman–Crippen MR) is 139 cm³/mol. The molecule has 2 aliphatic rings. The molecule has 0 aliphatic carbocycles. The van der Waals surface area contributed by atoms with Gasteiger partial charge in [-0.2, -0.15) is 5.10 Å². The van der Waals surface area contributed by atoms with Crippen LogP contribution in [0.2, 0.25) is 0 Å². The van der Waals surface area contributed by atoms with Crippen LogP contribution in [0.4, 0.5) is 0 Å². The molecule has 2 fully saturated rings. The van der Waals surface area contributed by atoms with Gasteiger partial charge in [0.25, 0.3) is 0 Å². The lowest BCUT2D eigenvalue weighted by atomic mass is 10.1. The molecule has 2 aliphatic heterocycles. The number of benzene rings is 2. The highest BCUT2D eigenvalue weighted by Crippen LogP contribution is 2.25. The third kappa shape index (κ3) is 5.53. The summed E-state index contributed by atoms with van der Waals surface area (Å²) in [6.45, 7) is 5.16. The largest absolute Gasteiger partial charge is 0.373 e. The van der Waals surface area contributed by atoms with Crippen LogP contribution >= 0.6 is 24.0 Å². The van der Waals surface area contributed by atoms with Crippen molar-refractivity contribution in [3.63, 3.8) is 0 Å². The maximum Gasteiger partial charge on any atom is 0.194 e. The summed E-state index contributed by atoms with van der Waals surface area (Å²) in [5, 5.41) is 10.4. The minimum absolute atomic E-state index is 0. The van der Waals surface area contributed by atoms with Crippen molar-refractivity contribution in [2.45, 2.75) is 25.2 Å². The molecule has 3 aromatic rings. The Balaban J connectivity index is 0.00000259. The smallest absolute Gasteiger partial charge is 0.194 e. The van der Waals surface area contributed by atoms with Crippen molar-refractivity contribution in [3.05, 3.63) is 72.1 Å². The number of halogens is 1. The van der Waals surface area contributed by atoms with Gasteiger partial charge in [0.1, 0.15) is 6.33 Å². The topological polar surface area (TPSA) is 81.7 Å². The average molecular weight is 559 g/mol. The lowest BCUT2D eigenvalue weighted by Gasteiger charge is -2.36. The summed E-state index contributed by atoms with van der Waals surface area (Å²) >= 11 is 0. The van der Waals surface area contributed by atoms with Crippen LogP contribution in [0.25, 0.3) is 11.4 Å². The van der Waals surface area contributed by atoms with Crippen molar-refractivity contribution >= 4 is 29.9 Å². The summed E-state index contributed by atoms with van der Waals surface area (Å²) in [5.41, 5.74) is 3.54. The Morgan fingerprint density at radius 1 is 1.15 bits per heavy atom. The first-order valence-electron chi connectivity index (χ1n) is 11.1. The summed E-state index contributed by atoms with van der Waals surface area (Å²) in [6.07, 6.45) is 1.73. The SMILES string of the molecule is CN=C(NCc1cccc(-c2ncn[nH]2)c1)N1CC2OCCN(Cc3ccccc3)C2C1.I. The highest BCUT2D eigenvalue weighted by Gasteiger charge is 2.41. The zero-order chi connectivity index (χ0) is 21.8. The Bertz CT molecular complexity index is 1040. The number of aromatic amines is 1. The third-order valence-electron chi connectivity index (χ3n) is 6.22. The fourth-order valence-corrected chi connectivity index (χ4v) is 4.63. The van der Waals surface area contributed by atoms with Gasteiger partial charge in [-0.1, -0.05) is 48.5 Å². The van der Waals surface area contributed by atoms with Crippen molar-refractivity contribution < 1.29 is 4.74 Å². The van der Waals surface area contributed by atoms with Crippen LogP contribution in [-0.4, -0.2) is 76.4 Å². The Kier molecular flexibility index (Phi) is 7.94. The molecule has 2 unspecified atom stereocenters. The first-order chi connectivity index (χ1) is 15.8. The van der Waals surface area contributed by atoms with Crippen molar-refractivity contribution in [1.82, 2.24) is 30.3 Å². The minimum atomic E-state index is 0. The van der Waals surface area contributed by atoms with Crippen LogP contribution in [0, 0.1) is 0 Å². The average Bonchev–Trinajstić information content (AvgIpc) is 3.51. The molecule has 0 spiro atoms. The lowest BCUT2D eigenvalue weighted by Crippen LogP contribution is -2.50. The van der Waals surface area contributed by atoms with Crippen LogP contribution < -0.4 is 5.32 Å². The number of rotatable bonds is 5. The van der Waals surface area contributed by atoms with Crippen molar-refractivity contribution in [3.8, 4) is 11.4 Å². The number of guanidine groups is 1. The van der Waals surface area contributed by atoms with Crippen LogP contribution in [0.15, 0.2) is 65.9 Å². The number of likely N-dealkylation sites (tertiary alicyclic amines) is 1. The van der Waals surface area contributed by atoms with Gasteiger partial charge in [-0.3, -0.25) is 15.0 Å². The standard InChI is InChI=1S/C24H29N7O.HI/c1-25-24(26-13-19-8-5-9-20(12-19)23-27-17-28-29-23)31-15-21-22(16-31)32-11-10-30(21)14-18-6-3-2-4-7-18;/h2-9,12,17,21-22H,10-11,13-16H2,1H3,(H,25,26)(H,27,28,29);1H. The maximum absolute atomic E-state index is 6.13. The second-order valence-electron chi connectivity index (χ2n) is 8.27. The molecule has 0 bridgehead atoms. The van der Waals surface area contributed by atoms with Gasteiger partial charge in [0, 0.05) is 45.3 Å². The van der Waals surface area contributed by atoms with E-state index in [9.17, 15) is 0 Å². The number of fused-ring (bicyclic) bond motifs is 1. The summed E-state index contributed by atoms with van der Waals surface area (Å²) in [4.78, 5) is 13.7. The van der Waals surface area contributed by atoms with E-state index in [1.54, 1.807) is 0 Å².